The number of ether oxygens (including phenoxy) is 1. The van der Waals surface area contributed by atoms with E-state index in [0.29, 0.717) is 6.61 Å². The summed E-state index contributed by atoms with van der Waals surface area (Å²) in [6, 6.07) is 6.21. The quantitative estimate of drug-likeness (QED) is 0.893. The van der Waals surface area contributed by atoms with Gasteiger partial charge in [0.2, 0.25) is 0 Å². The molecule has 5 heteroatoms. The van der Waals surface area contributed by atoms with Gasteiger partial charge in [0.15, 0.2) is 0 Å². The summed E-state index contributed by atoms with van der Waals surface area (Å²) in [5.74, 6) is 0.893. The number of anilines is 1. The first kappa shape index (κ1) is 16.5. The number of fused-ring (bicyclic) bond motifs is 2. The fourth-order valence-corrected chi connectivity index (χ4v) is 2.44. The molecule has 0 aromatic heterocycles. The van der Waals surface area contributed by atoms with Crippen LogP contribution in [0.5, 0.6) is 5.75 Å². The standard InChI is InChI=1S/C17H21N3O.ClH/c1-20(2)10-11-21-13-8-9-15-14-6-4-3-5-7-16(14)18-19-17(15)12-13;/h3-6,8-9,12,18-19H,7,10-11H2,1-2H3;1H. The Morgan fingerprint density at radius 2 is 2.05 bits per heavy atom. The predicted molar refractivity (Wildman–Crippen MR) is 94.3 cm³/mol. The molecule has 0 saturated heterocycles. The van der Waals surface area contributed by atoms with E-state index in [1.807, 2.05) is 26.2 Å². The molecule has 0 saturated carbocycles. The summed E-state index contributed by atoms with van der Waals surface area (Å²) in [4.78, 5) is 2.11. The number of hydrazine groups is 1. The lowest BCUT2D eigenvalue weighted by molar-refractivity contribution is 0.261. The molecule has 22 heavy (non-hydrogen) atoms. The van der Waals surface area contributed by atoms with Gasteiger partial charge in [-0.25, -0.2) is 0 Å². The highest BCUT2D eigenvalue weighted by Gasteiger charge is 2.17. The van der Waals surface area contributed by atoms with Crippen molar-refractivity contribution in [2.45, 2.75) is 6.42 Å². The fourth-order valence-electron chi connectivity index (χ4n) is 2.44. The van der Waals surface area contributed by atoms with Gasteiger partial charge in [-0.15, -0.1) is 12.4 Å². The number of allylic oxidation sites excluding steroid dienone is 5. The highest BCUT2D eigenvalue weighted by molar-refractivity contribution is 5.87. The molecule has 4 nitrogen and oxygen atoms in total. The lowest BCUT2D eigenvalue weighted by Gasteiger charge is -2.24. The molecule has 1 aliphatic heterocycles. The van der Waals surface area contributed by atoms with Crippen LogP contribution < -0.4 is 15.6 Å². The summed E-state index contributed by atoms with van der Waals surface area (Å²) in [6.07, 6.45) is 9.38. The van der Waals surface area contributed by atoms with Crippen molar-refractivity contribution in [3.63, 3.8) is 0 Å². The number of nitrogens with zero attached hydrogens (tertiary/aromatic N) is 1. The minimum atomic E-state index is 0. The van der Waals surface area contributed by atoms with Crippen molar-refractivity contribution in [1.82, 2.24) is 10.3 Å². The number of hydrogen-bond acceptors (Lipinski definition) is 4. The Kier molecular flexibility index (Phi) is 5.52. The monoisotopic (exact) mass is 319 g/mol. The predicted octanol–water partition coefficient (Wildman–Crippen LogP) is 3.21. The zero-order valence-electron chi connectivity index (χ0n) is 12.9. The maximum absolute atomic E-state index is 5.79. The number of halogens is 1. The summed E-state index contributed by atoms with van der Waals surface area (Å²) < 4.78 is 5.79. The van der Waals surface area contributed by atoms with Gasteiger partial charge >= 0.3 is 0 Å². The summed E-state index contributed by atoms with van der Waals surface area (Å²) >= 11 is 0. The maximum atomic E-state index is 5.79. The minimum absolute atomic E-state index is 0. The van der Waals surface area contributed by atoms with Crippen molar-refractivity contribution in [2.75, 3.05) is 32.7 Å². The van der Waals surface area contributed by atoms with Crippen molar-refractivity contribution >= 4 is 23.7 Å². The van der Waals surface area contributed by atoms with E-state index < -0.39 is 0 Å². The molecule has 0 atom stereocenters. The molecule has 0 spiro atoms. The highest BCUT2D eigenvalue weighted by Crippen LogP contribution is 2.34. The first-order chi connectivity index (χ1) is 10.2. The van der Waals surface area contributed by atoms with E-state index in [2.05, 4.69) is 46.1 Å². The van der Waals surface area contributed by atoms with Crippen LogP contribution in [0.4, 0.5) is 5.69 Å². The molecule has 3 rings (SSSR count). The third-order valence-electron chi connectivity index (χ3n) is 3.59. The SMILES string of the molecule is CN(C)CCOc1ccc2c(c1)NNC1=C2C=CC=CC1.Cl. The minimum Gasteiger partial charge on any atom is -0.492 e. The van der Waals surface area contributed by atoms with Crippen LogP contribution in [-0.2, 0) is 0 Å². The fraction of sp³-hybridized carbons (Fsp3) is 0.294. The Balaban J connectivity index is 0.00000176. The van der Waals surface area contributed by atoms with Gasteiger partial charge in [-0.3, -0.25) is 0 Å². The number of likely N-dealkylation sites (N-methyl/N-ethyl adjacent to an activating group) is 1. The first-order valence-corrected chi connectivity index (χ1v) is 7.24. The van der Waals surface area contributed by atoms with Crippen LogP contribution >= 0.6 is 12.4 Å². The second kappa shape index (κ2) is 7.38. The van der Waals surface area contributed by atoms with Gasteiger partial charge in [0.25, 0.3) is 0 Å². The van der Waals surface area contributed by atoms with E-state index >= 15 is 0 Å². The molecule has 1 aromatic carbocycles. The maximum Gasteiger partial charge on any atom is 0.121 e. The van der Waals surface area contributed by atoms with Crippen LogP contribution in [0, 0.1) is 0 Å². The van der Waals surface area contributed by atoms with Crippen LogP contribution in [0.3, 0.4) is 0 Å². The van der Waals surface area contributed by atoms with Crippen LogP contribution in [0.25, 0.3) is 5.57 Å². The normalized spacial score (nSPS) is 15.2. The van der Waals surface area contributed by atoms with E-state index in [4.69, 9.17) is 4.74 Å². The van der Waals surface area contributed by atoms with E-state index in [1.54, 1.807) is 0 Å². The van der Waals surface area contributed by atoms with Crippen molar-refractivity contribution in [1.29, 1.82) is 0 Å². The highest BCUT2D eigenvalue weighted by atomic mass is 35.5. The zero-order chi connectivity index (χ0) is 14.7. The second-order valence-corrected chi connectivity index (χ2v) is 5.49. The molecule has 1 heterocycles. The van der Waals surface area contributed by atoms with Crippen molar-refractivity contribution in [3.05, 3.63) is 53.8 Å². The van der Waals surface area contributed by atoms with Gasteiger partial charge < -0.3 is 20.5 Å². The average molecular weight is 320 g/mol. The van der Waals surface area contributed by atoms with Crippen molar-refractivity contribution in [2.24, 2.45) is 0 Å². The van der Waals surface area contributed by atoms with Crippen LogP contribution in [0.1, 0.15) is 12.0 Å². The Hall–Kier alpha value is -1.91. The van der Waals surface area contributed by atoms with E-state index in [9.17, 15) is 0 Å². The molecule has 2 N–H and O–H groups in total. The third-order valence-corrected chi connectivity index (χ3v) is 3.59. The largest absolute Gasteiger partial charge is 0.492 e. The van der Waals surface area contributed by atoms with Crippen LogP contribution in [0.15, 0.2) is 48.2 Å². The van der Waals surface area contributed by atoms with Crippen molar-refractivity contribution in [3.8, 4) is 5.75 Å². The zero-order valence-corrected chi connectivity index (χ0v) is 13.7. The van der Waals surface area contributed by atoms with Crippen LogP contribution in [0.2, 0.25) is 0 Å². The van der Waals surface area contributed by atoms with Gasteiger partial charge in [0.05, 0.1) is 5.69 Å². The smallest absolute Gasteiger partial charge is 0.121 e. The lowest BCUT2D eigenvalue weighted by Crippen LogP contribution is -2.26. The first-order valence-electron chi connectivity index (χ1n) is 7.24. The molecule has 0 bridgehead atoms. The number of rotatable bonds is 4. The van der Waals surface area contributed by atoms with Gasteiger partial charge in [-0.1, -0.05) is 24.3 Å². The van der Waals surface area contributed by atoms with Gasteiger partial charge in [0.1, 0.15) is 12.4 Å². The molecule has 0 amide bonds. The molecule has 118 valence electrons. The number of hydrogen-bond donors (Lipinski definition) is 2. The second-order valence-electron chi connectivity index (χ2n) is 5.49. The molecule has 0 fully saturated rings. The molecule has 1 aliphatic carbocycles. The summed E-state index contributed by atoms with van der Waals surface area (Å²) in [7, 11) is 4.09. The Bertz CT molecular complexity index is 620. The topological polar surface area (TPSA) is 36.5 Å². The summed E-state index contributed by atoms with van der Waals surface area (Å²) in [5, 5.41) is 0. The Labute approximate surface area is 137 Å². The van der Waals surface area contributed by atoms with Gasteiger partial charge in [-0.2, -0.15) is 0 Å². The molecular weight excluding hydrogens is 298 g/mol. The van der Waals surface area contributed by atoms with Crippen LogP contribution in [-0.4, -0.2) is 32.1 Å². The summed E-state index contributed by atoms with van der Waals surface area (Å²) in [6.45, 7) is 1.60. The van der Waals surface area contributed by atoms with E-state index in [0.717, 1.165) is 24.4 Å². The molecule has 0 radical (unpaired) electrons. The number of benzene rings is 1. The Morgan fingerprint density at radius 3 is 2.86 bits per heavy atom. The van der Waals surface area contributed by atoms with Gasteiger partial charge in [-0.05, 0) is 26.2 Å². The lowest BCUT2D eigenvalue weighted by atomic mass is 9.99. The third kappa shape index (κ3) is 3.64. The number of nitrogens with one attached hydrogen (secondary N) is 2. The molecule has 1 aromatic rings. The average Bonchev–Trinajstić information content (AvgIpc) is 2.72. The van der Waals surface area contributed by atoms with E-state index in [1.165, 1.54) is 16.8 Å². The molecule has 2 aliphatic rings. The van der Waals surface area contributed by atoms with Crippen molar-refractivity contribution < 1.29 is 4.74 Å². The van der Waals surface area contributed by atoms with E-state index in [-0.39, 0.29) is 12.4 Å². The van der Waals surface area contributed by atoms with Gasteiger partial charge in [0, 0.05) is 35.9 Å². The molecule has 0 unspecified atom stereocenters. The summed E-state index contributed by atoms with van der Waals surface area (Å²) in [5.41, 5.74) is 11.3. The molecular formula is C17H22ClN3O. The Morgan fingerprint density at radius 1 is 1.18 bits per heavy atom.